The summed E-state index contributed by atoms with van der Waals surface area (Å²) >= 11 is 6.08. The summed E-state index contributed by atoms with van der Waals surface area (Å²) in [6, 6.07) is 21.3. The Bertz CT molecular complexity index is 1120. The van der Waals surface area contributed by atoms with Crippen LogP contribution in [0.25, 0.3) is 5.69 Å². The summed E-state index contributed by atoms with van der Waals surface area (Å²) in [7, 11) is 0. The fraction of sp³-hybridized carbons (Fsp3) is 0.0476. The van der Waals surface area contributed by atoms with Gasteiger partial charge < -0.3 is 14.8 Å². The van der Waals surface area contributed by atoms with Crippen LogP contribution in [0.3, 0.4) is 0 Å². The maximum atomic E-state index is 12.4. The van der Waals surface area contributed by atoms with Crippen molar-refractivity contribution in [1.29, 1.82) is 0 Å². The predicted molar refractivity (Wildman–Crippen MR) is 111 cm³/mol. The second-order valence-corrected chi connectivity index (χ2v) is 6.58. The van der Waals surface area contributed by atoms with E-state index in [0.717, 1.165) is 5.69 Å². The standard InChI is InChI=1S/C21H16ClN5O3/c22-15-6-11-20(30-18-4-2-1-3-5-18)19(12-15)24-21(28)13-29-17-9-7-16(8-10-17)27-14-23-25-26-27/h1-12,14H,13H2,(H,24,28). The first-order chi connectivity index (χ1) is 14.7. The van der Waals surface area contributed by atoms with Crippen LogP contribution in [0, 0.1) is 0 Å². The van der Waals surface area contributed by atoms with Crippen molar-refractivity contribution in [1.82, 2.24) is 20.2 Å². The molecule has 30 heavy (non-hydrogen) atoms. The molecule has 1 aromatic heterocycles. The van der Waals surface area contributed by atoms with Crippen LogP contribution in [0.15, 0.2) is 79.1 Å². The van der Waals surface area contributed by atoms with E-state index in [-0.39, 0.29) is 12.5 Å². The number of ether oxygens (including phenoxy) is 2. The van der Waals surface area contributed by atoms with E-state index in [1.54, 1.807) is 42.5 Å². The smallest absolute Gasteiger partial charge is 0.262 e. The number of halogens is 1. The maximum Gasteiger partial charge on any atom is 0.262 e. The first-order valence-corrected chi connectivity index (χ1v) is 9.34. The van der Waals surface area contributed by atoms with Gasteiger partial charge in [-0.25, -0.2) is 4.68 Å². The zero-order valence-corrected chi connectivity index (χ0v) is 16.4. The molecule has 3 aromatic carbocycles. The van der Waals surface area contributed by atoms with Crippen molar-refractivity contribution in [2.75, 3.05) is 11.9 Å². The Hall–Kier alpha value is -3.91. The molecule has 1 N–H and O–H groups in total. The van der Waals surface area contributed by atoms with Gasteiger partial charge in [0.15, 0.2) is 12.4 Å². The van der Waals surface area contributed by atoms with Gasteiger partial charge in [0.05, 0.1) is 11.4 Å². The number of rotatable bonds is 7. The largest absolute Gasteiger partial charge is 0.484 e. The minimum Gasteiger partial charge on any atom is -0.484 e. The Morgan fingerprint density at radius 3 is 2.53 bits per heavy atom. The summed E-state index contributed by atoms with van der Waals surface area (Å²) < 4.78 is 12.9. The highest BCUT2D eigenvalue weighted by molar-refractivity contribution is 6.31. The molecule has 1 amide bonds. The van der Waals surface area contributed by atoms with E-state index in [2.05, 4.69) is 20.8 Å². The van der Waals surface area contributed by atoms with Gasteiger partial charge in [0.2, 0.25) is 0 Å². The van der Waals surface area contributed by atoms with E-state index in [1.807, 2.05) is 30.3 Å². The molecule has 4 rings (SSSR count). The van der Waals surface area contributed by atoms with Crippen molar-refractivity contribution in [3.05, 3.63) is 84.1 Å². The quantitative estimate of drug-likeness (QED) is 0.482. The number of amides is 1. The van der Waals surface area contributed by atoms with Gasteiger partial charge >= 0.3 is 0 Å². The molecule has 0 bridgehead atoms. The highest BCUT2D eigenvalue weighted by atomic mass is 35.5. The van der Waals surface area contributed by atoms with Gasteiger partial charge in [-0.2, -0.15) is 0 Å². The van der Waals surface area contributed by atoms with E-state index >= 15 is 0 Å². The number of carbonyl (C=O) groups excluding carboxylic acids is 1. The fourth-order valence-corrected chi connectivity index (χ4v) is 2.79. The summed E-state index contributed by atoms with van der Waals surface area (Å²) in [5.41, 5.74) is 1.23. The molecule has 0 radical (unpaired) electrons. The lowest BCUT2D eigenvalue weighted by atomic mass is 10.2. The average molecular weight is 422 g/mol. The van der Waals surface area contributed by atoms with Crippen molar-refractivity contribution >= 4 is 23.2 Å². The lowest BCUT2D eigenvalue weighted by Crippen LogP contribution is -2.20. The van der Waals surface area contributed by atoms with Gasteiger partial charge in [0, 0.05) is 5.02 Å². The monoisotopic (exact) mass is 421 g/mol. The van der Waals surface area contributed by atoms with Crippen LogP contribution in [0.5, 0.6) is 17.2 Å². The first kappa shape index (κ1) is 19.4. The predicted octanol–water partition coefficient (Wildman–Crippen LogP) is 4.13. The SMILES string of the molecule is O=C(COc1ccc(-n2cnnn2)cc1)Nc1cc(Cl)ccc1Oc1ccccc1. The van der Waals surface area contributed by atoms with Crippen LogP contribution < -0.4 is 14.8 Å². The van der Waals surface area contributed by atoms with Gasteiger partial charge in [-0.1, -0.05) is 29.8 Å². The number of nitrogens with one attached hydrogen (secondary N) is 1. The molecule has 0 aliphatic heterocycles. The van der Waals surface area contributed by atoms with Crippen LogP contribution in [0.1, 0.15) is 0 Å². The Labute approximate surface area is 177 Å². The lowest BCUT2D eigenvalue weighted by Gasteiger charge is -2.13. The third-order valence-electron chi connectivity index (χ3n) is 4.01. The topological polar surface area (TPSA) is 91.2 Å². The highest BCUT2D eigenvalue weighted by Crippen LogP contribution is 2.32. The molecule has 150 valence electrons. The van der Waals surface area contributed by atoms with Crippen molar-refractivity contribution in [3.63, 3.8) is 0 Å². The van der Waals surface area contributed by atoms with Crippen LogP contribution in [0.4, 0.5) is 5.69 Å². The van der Waals surface area contributed by atoms with Gasteiger partial charge in [-0.15, -0.1) is 5.10 Å². The Balaban J connectivity index is 1.38. The number of para-hydroxylation sites is 1. The molecule has 0 atom stereocenters. The highest BCUT2D eigenvalue weighted by Gasteiger charge is 2.11. The third-order valence-corrected chi connectivity index (χ3v) is 4.24. The number of hydrogen-bond donors (Lipinski definition) is 1. The molecule has 0 spiro atoms. The number of nitrogens with zero attached hydrogens (tertiary/aromatic N) is 4. The van der Waals surface area contributed by atoms with Crippen molar-refractivity contribution in [2.24, 2.45) is 0 Å². The number of anilines is 1. The van der Waals surface area contributed by atoms with E-state index in [1.165, 1.54) is 11.0 Å². The van der Waals surface area contributed by atoms with Crippen LogP contribution in [-0.4, -0.2) is 32.7 Å². The van der Waals surface area contributed by atoms with E-state index in [0.29, 0.717) is 28.0 Å². The molecule has 0 aliphatic rings. The van der Waals surface area contributed by atoms with Crippen LogP contribution in [0.2, 0.25) is 5.02 Å². The average Bonchev–Trinajstić information content (AvgIpc) is 3.30. The molecular formula is C21H16ClN5O3. The number of tetrazole rings is 1. The zero-order chi connectivity index (χ0) is 20.8. The van der Waals surface area contributed by atoms with Gasteiger partial charge in [-0.05, 0) is 65.0 Å². The fourth-order valence-electron chi connectivity index (χ4n) is 2.61. The summed E-state index contributed by atoms with van der Waals surface area (Å²) in [5, 5.41) is 14.2. The van der Waals surface area contributed by atoms with Crippen molar-refractivity contribution < 1.29 is 14.3 Å². The molecule has 0 fully saturated rings. The molecule has 9 heteroatoms. The molecule has 0 saturated carbocycles. The number of hydrogen-bond acceptors (Lipinski definition) is 6. The summed E-state index contributed by atoms with van der Waals surface area (Å²) in [4.78, 5) is 12.4. The van der Waals surface area contributed by atoms with Gasteiger partial charge in [-0.3, -0.25) is 4.79 Å². The maximum absolute atomic E-state index is 12.4. The zero-order valence-electron chi connectivity index (χ0n) is 15.6. The molecule has 8 nitrogen and oxygen atoms in total. The van der Waals surface area contributed by atoms with Gasteiger partial charge in [0.1, 0.15) is 17.8 Å². The number of carbonyl (C=O) groups is 1. The summed E-state index contributed by atoms with van der Waals surface area (Å²) in [6.07, 6.45) is 1.49. The van der Waals surface area contributed by atoms with E-state index < -0.39 is 0 Å². The van der Waals surface area contributed by atoms with Gasteiger partial charge in [0.25, 0.3) is 5.91 Å². The minimum atomic E-state index is -0.347. The summed E-state index contributed by atoms with van der Waals surface area (Å²) in [5.74, 6) is 1.31. The molecule has 0 aliphatic carbocycles. The third kappa shape index (κ3) is 4.92. The van der Waals surface area contributed by atoms with Crippen LogP contribution >= 0.6 is 11.6 Å². The second kappa shape index (κ2) is 9.06. The Kier molecular flexibility index (Phi) is 5.86. The minimum absolute atomic E-state index is 0.179. The number of aromatic nitrogens is 4. The molecule has 0 unspecified atom stereocenters. The normalized spacial score (nSPS) is 10.4. The summed E-state index contributed by atoms with van der Waals surface area (Å²) in [6.45, 7) is -0.179. The second-order valence-electron chi connectivity index (χ2n) is 6.14. The van der Waals surface area contributed by atoms with E-state index in [4.69, 9.17) is 21.1 Å². The Morgan fingerprint density at radius 2 is 1.80 bits per heavy atom. The van der Waals surface area contributed by atoms with Crippen LogP contribution in [-0.2, 0) is 4.79 Å². The molecule has 1 heterocycles. The molecular weight excluding hydrogens is 406 g/mol. The first-order valence-electron chi connectivity index (χ1n) is 8.96. The van der Waals surface area contributed by atoms with Crippen molar-refractivity contribution in [2.45, 2.75) is 0 Å². The van der Waals surface area contributed by atoms with Crippen molar-refractivity contribution in [3.8, 4) is 22.9 Å². The molecule has 0 saturated heterocycles. The van der Waals surface area contributed by atoms with E-state index in [9.17, 15) is 4.79 Å². The Morgan fingerprint density at radius 1 is 1.00 bits per heavy atom. The number of benzene rings is 3. The lowest BCUT2D eigenvalue weighted by molar-refractivity contribution is -0.118. The molecule has 4 aromatic rings.